The summed E-state index contributed by atoms with van der Waals surface area (Å²) in [5.41, 5.74) is 0.135. The second-order valence-electron chi connectivity index (χ2n) is 9.00. The molecular formula is C23H32N4O6. The van der Waals surface area contributed by atoms with Crippen molar-refractivity contribution < 1.29 is 29.0 Å². The first-order valence-electron chi connectivity index (χ1n) is 10.2. The van der Waals surface area contributed by atoms with Crippen LogP contribution >= 0.6 is 0 Å². The molecule has 3 N–H and O–H groups in total. The van der Waals surface area contributed by atoms with Gasteiger partial charge in [-0.15, -0.1) is 0 Å². The highest BCUT2D eigenvalue weighted by Gasteiger charge is 2.17. The quantitative estimate of drug-likeness (QED) is 0.591. The molecule has 2 heterocycles. The van der Waals surface area contributed by atoms with Gasteiger partial charge in [0.25, 0.3) is 0 Å². The first-order valence-corrected chi connectivity index (χ1v) is 10.2. The number of carboxylic acids is 1. The molecule has 0 spiro atoms. The highest BCUT2D eigenvalue weighted by molar-refractivity contribution is 5.84. The number of aryl methyl sites for hydroxylation is 1. The van der Waals surface area contributed by atoms with E-state index in [0.29, 0.717) is 11.5 Å². The smallest absolute Gasteiger partial charge is 0.413 e. The number of carbonyl (C=O) groups is 3. The van der Waals surface area contributed by atoms with Crippen LogP contribution in [0.3, 0.4) is 0 Å². The Morgan fingerprint density at radius 3 is 1.70 bits per heavy atom. The van der Waals surface area contributed by atoms with Crippen molar-refractivity contribution >= 4 is 29.8 Å². The number of pyridine rings is 2. The lowest BCUT2D eigenvalue weighted by Gasteiger charge is -2.19. The van der Waals surface area contributed by atoms with E-state index in [4.69, 9.17) is 14.6 Å². The Balaban J connectivity index is 0.000000335. The van der Waals surface area contributed by atoms with Gasteiger partial charge in [-0.25, -0.2) is 19.6 Å². The number of ether oxygens (including phenoxy) is 2. The Labute approximate surface area is 193 Å². The Hall–Kier alpha value is -3.69. The van der Waals surface area contributed by atoms with Crippen molar-refractivity contribution in [1.82, 2.24) is 9.97 Å². The van der Waals surface area contributed by atoms with Crippen molar-refractivity contribution in [1.29, 1.82) is 0 Å². The molecule has 0 aliphatic carbocycles. The minimum absolute atomic E-state index is 0.191. The van der Waals surface area contributed by atoms with Crippen LogP contribution in [0, 0.1) is 6.92 Å². The molecule has 180 valence electrons. The van der Waals surface area contributed by atoms with E-state index in [-0.39, 0.29) is 12.2 Å². The molecule has 33 heavy (non-hydrogen) atoms. The molecule has 0 aromatic carbocycles. The van der Waals surface area contributed by atoms with E-state index in [1.807, 2.05) is 39.8 Å². The zero-order valence-corrected chi connectivity index (χ0v) is 20.1. The van der Waals surface area contributed by atoms with Gasteiger partial charge in [-0.1, -0.05) is 12.1 Å². The molecule has 2 aromatic rings. The van der Waals surface area contributed by atoms with E-state index >= 15 is 0 Å². The maximum atomic E-state index is 11.5. The van der Waals surface area contributed by atoms with Gasteiger partial charge in [0.15, 0.2) is 0 Å². The maximum Gasteiger partial charge on any atom is 0.413 e. The molecule has 0 saturated heterocycles. The number of nitrogens with zero attached hydrogens (tertiary/aromatic N) is 2. The lowest BCUT2D eigenvalue weighted by Crippen LogP contribution is -2.27. The molecule has 0 aliphatic rings. The van der Waals surface area contributed by atoms with Crippen LogP contribution < -0.4 is 10.6 Å². The standard InChI is InChI=1S/C12H16N2O4.C11H16N2O2/c1-12(2,3)18-11(17)14-9-6-4-5-8(13-9)7-10(15)16;1-8-6-5-7-9(12-8)13-10(14)15-11(2,3)4/h4-6H,7H2,1-3H3,(H,15,16)(H,13,14,17);5-7H,1-4H3,(H,12,13,14). The summed E-state index contributed by atoms with van der Waals surface area (Å²) >= 11 is 0. The number of carboxylic acid groups (broad SMARTS) is 1. The van der Waals surface area contributed by atoms with Gasteiger partial charge in [0.2, 0.25) is 0 Å². The molecule has 2 rings (SSSR count). The summed E-state index contributed by atoms with van der Waals surface area (Å²) in [5.74, 6) is -0.204. The molecule has 0 fully saturated rings. The number of carbonyl (C=O) groups excluding carboxylic acids is 2. The summed E-state index contributed by atoms with van der Waals surface area (Å²) in [6.07, 6.45) is -1.30. The number of nitrogens with one attached hydrogen (secondary N) is 2. The topological polar surface area (TPSA) is 140 Å². The van der Waals surface area contributed by atoms with Gasteiger partial charge in [-0.05, 0) is 72.7 Å². The fraction of sp³-hybridized carbons (Fsp3) is 0.435. The molecule has 0 saturated carbocycles. The van der Waals surface area contributed by atoms with Crippen molar-refractivity contribution in [2.75, 3.05) is 10.6 Å². The molecule has 2 amide bonds. The van der Waals surface area contributed by atoms with Crippen molar-refractivity contribution in [2.24, 2.45) is 0 Å². The summed E-state index contributed by atoms with van der Waals surface area (Å²) in [7, 11) is 0. The summed E-state index contributed by atoms with van der Waals surface area (Å²) in [4.78, 5) is 41.5. The van der Waals surface area contributed by atoms with Crippen LogP contribution in [0.5, 0.6) is 0 Å². The number of hydrogen-bond donors (Lipinski definition) is 3. The van der Waals surface area contributed by atoms with Crippen molar-refractivity contribution in [3.8, 4) is 0 Å². The Bertz CT molecular complexity index is 964. The van der Waals surface area contributed by atoms with Crippen molar-refractivity contribution in [3.63, 3.8) is 0 Å². The molecule has 2 aromatic heterocycles. The van der Waals surface area contributed by atoms with E-state index < -0.39 is 29.4 Å². The van der Waals surface area contributed by atoms with Crippen LogP contribution in [0.25, 0.3) is 0 Å². The highest BCUT2D eigenvalue weighted by atomic mass is 16.6. The molecule has 0 radical (unpaired) electrons. The predicted octanol–water partition coefficient (Wildman–Crippen LogP) is 4.79. The number of aliphatic carboxylic acids is 1. The molecule has 0 aliphatic heterocycles. The van der Waals surface area contributed by atoms with E-state index in [0.717, 1.165) is 5.69 Å². The molecule has 10 nitrogen and oxygen atoms in total. The van der Waals surface area contributed by atoms with Gasteiger partial charge < -0.3 is 14.6 Å². The van der Waals surface area contributed by atoms with Crippen LogP contribution in [-0.2, 0) is 20.7 Å². The van der Waals surface area contributed by atoms with Gasteiger partial charge in [-0.2, -0.15) is 0 Å². The summed E-state index contributed by atoms with van der Waals surface area (Å²) in [5, 5.41) is 13.7. The van der Waals surface area contributed by atoms with Crippen LogP contribution in [0.4, 0.5) is 21.2 Å². The lowest BCUT2D eigenvalue weighted by molar-refractivity contribution is -0.136. The largest absolute Gasteiger partial charge is 0.481 e. The minimum atomic E-state index is -0.975. The Morgan fingerprint density at radius 1 is 0.818 bits per heavy atom. The monoisotopic (exact) mass is 460 g/mol. The third-order valence-corrected chi connectivity index (χ3v) is 3.29. The lowest BCUT2D eigenvalue weighted by atomic mass is 10.2. The third-order valence-electron chi connectivity index (χ3n) is 3.29. The normalized spacial score (nSPS) is 10.9. The van der Waals surface area contributed by atoms with E-state index in [1.165, 1.54) is 0 Å². The molecule has 0 unspecified atom stereocenters. The zero-order chi connectivity index (χ0) is 25.2. The van der Waals surface area contributed by atoms with E-state index in [9.17, 15) is 14.4 Å². The molecule has 0 atom stereocenters. The number of hydrogen-bond acceptors (Lipinski definition) is 7. The van der Waals surface area contributed by atoms with E-state index in [1.54, 1.807) is 45.0 Å². The second-order valence-corrected chi connectivity index (χ2v) is 9.00. The number of aromatic nitrogens is 2. The number of anilines is 2. The van der Waals surface area contributed by atoms with Crippen molar-refractivity contribution in [3.05, 3.63) is 47.8 Å². The summed E-state index contributed by atoms with van der Waals surface area (Å²) < 4.78 is 10.1. The van der Waals surface area contributed by atoms with Gasteiger partial charge in [-0.3, -0.25) is 15.4 Å². The fourth-order valence-corrected chi connectivity index (χ4v) is 2.23. The van der Waals surface area contributed by atoms with Gasteiger partial charge >= 0.3 is 18.2 Å². The summed E-state index contributed by atoms with van der Waals surface area (Å²) in [6.45, 7) is 12.6. The zero-order valence-electron chi connectivity index (χ0n) is 20.1. The Kier molecular flexibility index (Phi) is 9.77. The van der Waals surface area contributed by atoms with Gasteiger partial charge in [0.1, 0.15) is 22.8 Å². The molecule has 0 bridgehead atoms. The minimum Gasteiger partial charge on any atom is -0.481 e. The fourth-order valence-electron chi connectivity index (χ4n) is 2.23. The first-order chi connectivity index (χ1) is 15.1. The highest BCUT2D eigenvalue weighted by Crippen LogP contribution is 2.11. The third kappa shape index (κ3) is 13.4. The first kappa shape index (κ1) is 27.3. The summed E-state index contributed by atoms with van der Waals surface area (Å²) in [6, 6.07) is 10.2. The predicted molar refractivity (Wildman–Crippen MR) is 124 cm³/mol. The van der Waals surface area contributed by atoms with Crippen LogP contribution in [0.1, 0.15) is 52.9 Å². The van der Waals surface area contributed by atoms with Crippen LogP contribution in [-0.4, -0.2) is 44.4 Å². The SMILES string of the molecule is CC(C)(C)OC(=O)Nc1cccc(CC(=O)O)n1.Cc1cccc(NC(=O)OC(C)(C)C)n1. The average molecular weight is 461 g/mol. The van der Waals surface area contributed by atoms with E-state index in [2.05, 4.69) is 20.6 Å². The van der Waals surface area contributed by atoms with Crippen molar-refractivity contribution in [2.45, 2.75) is 66.1 Å². The molecule has 10 heteroatoms. The number of rotatable bonds is 4. The van der Waals surface area contributed by atoms with Crippen LogP contribution in [0.15, 0.2) is 36.4 Å². The average Bonchev–Trinajstić information content (AvgIpc) is 2.58. The van der Waals surface area contributed by atoms with Gasteiger partial charge in [0.05, 0.1) is 12.1 Å². The second kappa shape index (κ2) is 11.8. The van der Waals surface area contributed by atoms with Gasteiger partial charge in [0, 0.05) is 5.69 Å². The number of amides is 2. The van der Waals surface area contributed by atoms with Crippen LogP contribution in [0.2, 0.25) is 0 Å². The molecular weight excluding hydrogens is 428 g/mol. The Morgan fingerprint density at radius 2 is 1.27 bits per heavy atom. The maximum absolute atomic E-state index is 11.5.